The maximum atomic E-state index is 12.0. The third-order valence-corrected chi connectivity index (χ3v) is 4.84. The molecular formula is C18H32IN5O3S. The molecule has 0 aliphatic carbocycles. The predicted molar refractivity (Wildman–Crippen MR) is 124 cm³/mol. The Labute approximate surface area is 188 Å². The molecule has 1 amide bonds. The van der Waals surface area contributed by atoms with Crippen molar-refractivity contribution in [2.24, 2.45) is 4.99 Å². The Bertz CT molecular complexity index is 651. The number of nitrogens with one attached hydrogen (secondary N) is 3. The van der Waals surface area contributed by atoms with Gasteiger partial charge in [-0.25, -0.2) is 9.78 Å². The number of esters is 1. The molecule has 3 N–H and O–H groups in total. The molecule has 1 atom stereocenters. The third-order valence-electron chi connectivity index (χ3n) is 3.52. The standard InChI is InChI=1S/C18H31N5O3S.HI/c1-6-10-20-14(24)9-11-21-18(19-7-2)23-13(5)16-22-12(4)15(27-16)17(25)26-8-3;/h13H,6-11H2,1-5H3,(H,20,24)(H2,19,21,23);1H. The number of nitrogens with zero attached hydrogens (tertiary/aromatic N) is 2. The van der Waals surface area contributed by atoms with E-state index in [1.165, 1.54) is 11.3 Å². The molecule has 1 heterocycles. The molecule has 160 valence electrons. The van der Waals surface area contributed by atoms with Crippen molar-refractivity contribution in [2.75, 3.05) is 26.2 Å². The lowest BCUT2D eigenvalue weighted by molar-refractivity contribution is -0.120. The van der Waals surface area contributed by atoms with Gasteiger partial charge < -0.3 is 20.7 Å². The van der Waals surface area contributed by atoms with E-state index in [0.717, 1.165) is 11.4 Å². The van der Waals surface area contributed by atoms with Crippen molar-refractivity contribution < 1.29 is 14.3 Å². The van der Waals surface area contributed by atoms with E-state index in [1.54, 1.807) is 13.8 Å². The van der Waals surface area contributed by atoms with Gasteiger partial charge in [0.05, 0.1) is 24.9 Å². The van der Waals surface area contributed by atoms with E-state index in [-0.39, 0.29) is 41.9 Å². The predicted octanol–water partition coefficient (Wildman–Crippen LogP) is 2.78. The fourth-order valence-corrected chi connectivity index (χ4v) is 3.16. The van der Waals surface area contributed by atoms with E-state index < -0.39 is 0 Å². The van der Waals surface area contributed by atoms with Gasteiger partial charge in [0.15, 0.2) is 5.96 Å². The highest BCUT2D eigenvalue weighted by Crippen LogP contribution is 2.24. The molecule has 1 rings (SSSR count). The Morgan fingerprint density at radius 3 is 2.57 bits per heavy atom. The van der Waals surface area contributed by atoms with Crippen LogP contribution in [0.5, 0.6) is 0 Å². The summed E-state index contributed by atoms with van der Waals surface area (Å²) in [5, 5.41) is 10.0. The van der Waals surface area contributed by atoms with Crippen LogP contribution in [0.1, 0.15) is 67.0 Å². The molecule has 1 aromatic heterocycles. The molecule has 0 aliphatic heterocycles. The van der Waals surface area contributed by atoms with Crippen LogP contribution in [0.25, 0.3) is 0 Å². The van der Waals surface area contributed by atoms with Crippen LogP contribution in [-0.4, -0.2) is 49.1 Å². The van der Waals surface area contributed by atoms with Crippen molar-refractivity contribution >= 4 is 53.1 Å². The fourth-order valence-electron chi connectivity index (χ4n) is 2.20. The number of carbonyl (C=O) groups is 2. The second kappa shape index (κ2) is 14.6. The Balaban J connectivity index is 0.00000729. The van der Waals surface area contributed by atoms with Crippen LogP contribution in [0.15, 0.2) is 4.99 Å². The monoisotopic (exact) mass is 525 g/mol. The molecule has 0 bridgehead atoms. The van der Waals surface area contributed by atoms with Crippen molar-refractivity contribution in [1.29, 1.82) is 0 Å². The van der Waals surface area contributed by atoms with E-state index in [4.69, 9.17) is 4.74 Å². The summed E-state index contributed by atoms with van der Waals surface area (Å²) in [5.74, 6) is 0.266. The summed E-state index contributed by atoms with van der Waals surface area (Å²) in [6, 6.07) is -0.136. The van der Waals surface area contributed by atoms with Gasteiger partial charge in [-0.15, -0.1) is 35.3 Å². The topological polar surface area (TPSA) is 105 Å². The smallest absolute Gasteiger partial charge is 0.350 e. The van der Waals surface area contributed by atoms with Gasteiger partial charge in [0.1, 0.15) is 9.88 Å². The summed E-state index contributed by atoms with van der Waals surface area (Å²) in [4.78, 5) is 33.1. The summed E-state index contributed by atoms with van der Waals surface area (Å²) >= 11 is 1.32. The van der Waals surface area contributed by atoms with Gasteiger partial charge >= 0.3 is 5.97 Å². The molecule has 1 unspecified atom stereocenters. The summed E-state index contributed by atoms with van der Waals surface area (Å²) in [5.41, 5.74) is 0.664. The minimum Gasteiger partial charge on any atom is -0.462 e. The first-order valence-electron chi connectivity index (χ1n) is 9.38. The maximum absolute atomic E-state index is 12.0. The first-order chi connectivity index (χ1) is 12.9. The van der Waals surface area contributed by atoms with Gasteiger partial charge in [0.25, 0.3) is 0 Å². The lowest BCUT2D eigenvalue weighted by Gasteiger charge is -2.16. The summed E-state index contributed by atoms with van der Waals surface area (Å²) in [7, 11) is 0. The number of amides is 1. The zero-order chi connectivity index (χ0) is 20.2. The molecule has 8 nitrogen and oxygen atoms in total. The largest absolute Gasteiger partial charge is 0.462 e. The van der Waals surface area contributed by atoms with E-state index in [1.807, 2.05) is 20.8 Å². The van der Waals surface area contributed by atoms with Gasteiger partial charge in [0.2, 0.25) is 5.91 Å². The molecule has 0 saturated carbocycles. The molecule has 0 radical (unpaired) electrons. The normalized spacial score (nSPS) is 12.0. The summed E-state index contributed by atoms with van der Waals surface area (Å²) < 4.78 is 5.06. The molecule has 0 aliphatic rings. The second-order valence-electron chi connectivity index (χ2n) is 5.91. The Kier molecular flexibility index (Phi) is 13.8. The van der Waals surface area contributed by atoms with Crippen molar-refractivity contribution in [2.45, 2.75) is 53.5 Å². The van der Waals surface area contributed by atoms with E-state index in [2.05, 4.69) is 25.9 Å². The zero-order valence-electron chi connectivity index (χ0n) is 17.3. The zero-order valence-corrected chi connectivity index (χ0v) is 20.4. The quantitative estimate of drug-likeness (QED) is 0.188. The van der Waals surface area contributed by atoms with E-state index >= 15 is 0 Å². The van der Waals surface area contributed by atoms with Crippen LogP contribution in [0, 0.1) is 6.92 Å². The Morgan fingerprint density at radius 2 is 1.96 bits per heavy atom. The van der Waals surface area contributed by atoms with Crippen LogP contribution >= 0.6 is 35.3 Å². The van der Waals surface area contributed by atoms with Crippen molar-refractivity contribution in [1.82, 2.24) is 20.9 Å². The molecule has 0 spiro atoms. The van der Waals surface area contributed by atoms with Crippen LogP contribution in [0.2, 0.25) is 0 Å². The highest BCUT2D eigenvalue weighted by molar-refractivity contribution is 14.0. The number of thiazole rings is 1. The SMILES string of the molecule is CCCNC(=O)CCN=C(NCC)NC(C)c1nc(C)c(C(=O)OCC)s1.I. The minimum absolute atomic E-state index is 0. The van der Waals surface area contributed by atoms with Crippen molar-refractivity contribution in [3.8, 4) is 0 Å². The molecular weight excluding hydrogens is 493 g/mol. The number of guanidine groups is 1. The minimum atomic E-state index is -0.343. The van der Waals surface area contributed by atoms with E-state index in [0.29, 0.717) is 49.2 Å². The number of rotatable bonds is 10. The Hall–Kier alpha value is -1.43. The number of aliphatic imine (C=N–C) groups is 1. The molecule has 1 aromatic rings. The number of hydrogen-bond donors (Lipinski definition) is 3. The average molecular weight is 525 g/mol. The third kappa shape index (κ3) is 9.18. The average Bonchev–Trinajstić information content (AvgIpc) is 3.02. The molecule has 0 fully saturated rings. The lowest BCUT2D eigenvalue weighted by Crippen LogP contribution is -2.39. The highest BCUT2D eigenvalue weighted by atomic mass is 127. The van der Waals surface area contributed by atoms with Crippen LogP contribution in [-0.2, 0) is 9.53 Å². The number of ether oxygens (including phenoxy) is 1. The van der Waals surface area contributed by atoms with Gasteiger partial charge in [-0.1, -0.05) is 6.92 Å². The van der Waals surface area contributed by atoms with Crippen LogP contribution < -0.4 is 16.0 Å². The number of hydrogen-bond acceptors (Lipinski definition) is 6. The maximum Gasteiger partial charge on any atom is 0.350 e. The van der Waals surface area contributed by atoms with Crippen molar-refractivity contribution in [3.05, 3.63) is 15.6 Å². The van der Waals surface area contributed by atoms with Gasteiger partial charge in [0, 0.05) is 19.5 Å². The van der Waals surface area contributed by atoms with Crippen LogP contribution in [0.3, 0.4) is 0 Å². The summed E-state index contributed by atoms with van der Waals surface area (Å²) in [6.07, 6.45) is 1.26. The number of aryl methyl sites for hydroxylation is 1. The fraction of sp³-hybridized carbons (Fsp3) is 0.667. The first kappa shape index (κ1) is 26.6. The van der Waals surface area contributed by atoms with Gasteiger partial charge in [-0.2, -0.15) is 0 Å². The Morgan fingerprint density at radius 1 is 1.25 bits per heavy atom. The number of halogens is 1. The lowest BCUT2D eigenvalue weighted by atomic mass is 10.3. The number of carbonyl (C=O) groups excluding carboxylic acids is 2. The second-order valence-corrected chi connectivity index (χ2v) is 6.94. The molecule has 0 saturated heterocycles. The summed E-state index contributed by atoms with van der Waals surface area (Å²) in [6.45, 7) is 11.6. The molecule has 0 aromatic carbocycles. The molecule has 10 heteroatoms. The number of aromatic nitrogens is 1. The molecule has 28 heavy (non-hydrogen) atoms. The van der Waals surface area contributed by atoms with Gasteiger partial charge in [-0.3, -0.25) is 9.79 Å². The van der Waals surface area contributed by atoms with Gasteiger partial charge in [-0.05, 0) is 34.1 Å². The highest BCUT2D eigenvalue weighted by Gasteiger charge is 2.20. The van der Waals surface area contributed by atoms with Crippen LogP contribution in [0.4, 0.5) is 0 Å². The first-order valence-corrected chi connectivity index (χ1v) is 10.2. The van der Waals surface area contributed by atoms with Crippen molar-refractivity contribution in [3.63, 3.8) is 0 Å². The van der Waals surface area contributed by atoms with E-state index in [9.17, 15) is 9.59 Å².